The molecule has 5 nitrogen and oxygen atoms in total. The molecule has 0 saturated heterocycles. The van der Waals surface area contributed by atoms with Crippen LogP contribution in [0.5, 0.6) is 17.2 Å². The SMILES string of the molecule is CCCCCCCCCCCCCc1cc(S(=O)(=O)O)ccc1Oc1cccc([O-])c1.[K+]. The van der Waals surface area contributed by atoms with Crippen molar-refractivity contribution in [1.82, 2.24) is 0 Å². The van der Waals surface area contributed by atoms with Gasteiger partial charge in [-0.2, -0.15) is 8.42 Å². The molecular weight excluding hydrogens is 451 g/mol. The van der Waals surface area contributed by atoms with Crippen molar-refractivity contribution < 1.29 is 74.2 Å². The van der Waals surface area contributed by atoms with Crippen LogP contribution in [-0.4, -0.2) is 13.0 Å². The predicted octanol–water partition coefficient (Wildman–Crippen LogP) is 3.66. The number of unbranched alkanes of at least 4 members (excludes halogenated alkanes) is 10. The van der Waals surface area contributed by atoms with Gasteiger partial charge < -0.3 is 9.84 Å². The van der Waals surface area contributed by atoms with E-state index in [9.17, 15) is 18.1 Å². The Labute approximate surface area is 236 Å². The topological polar surface area (TPSA) is 86.7 Å². The van der Waals surface area contributed by atoms with Gasteiger partial charge in [0.25, 0.3) is 10.1 Å². The second-order valence-electron chi connectivity index (χ2n) is 8.11. The van der Waals surface area contributed by atoms with Crippen molar-refractivity contribution in [2.24, 2.45) is 0 Å². The molecule has 2 rings (SSSR count). The summed E-state index contributed by atoms with van der Waals surface area (Å²) < 4.78 is 38.3. The molecule has 0 bridgehead atoms. The molecule has 32 heavy (non-hydrogen) atoms. The van der Waals surface area contributed by atoms with E-state index in [4.69, 9.17) is 4.74 Å². The standard InChI is InChI=1S/C25H36O5S.K/c1-2-3-4-5-6-7-8-9-10-11-12-14-21-19-24(31(27,28)29)17-18-25(21)30-23-16-13-15-22(26)20-23;/h13,15-20,26H,2-12,14H2,1H3,(H,27,28,29);/q;+1/p-1. The Morgan fingerprint density at radius 1 is 0.844 bits per heavy atom. The molecule has 172 valence electrons. The Bertz CT molecular complexity index is 899. The van der Waals surface area contributed by atoms with Crippen molar-refractivity contribution in [2.45, 2.75) is 88.9 Å². The molecule has 7 heteroatoms. The fourth-order valence-electron chi connectivity index (χ4n) is 3.66. The number of ether oxygens (including phenoxy) is 1. The number of benzene rings is 2. The fraction of sp³-hybridized carbons (Fsp3) is 0.520. The van der Waals surface area contributed by atoms with E-state index in [1.165, 1.54) is 81.7 Å². The number of aryl methyl sites for hydroxylation is 1. The normalized spacial score (nSPS) is 11.2. The number of hydrogen-bond acceptors (Lipinski definition) is 4. The minimum atomic E-state index is -4.28. The van der Waals surface area contributed by atoms with Crippen LogP contribution in [-0.2, 0) is 16.5 Å². The third kappa shape index (κ3) is 11.6. The minimum absolute atomic E-state index is 0. The quantitative estimate of drug-likeness (QED) is 0.236. The molecular formula is C25H35KO5S. The van der Waals surface area contributed by atoms with Gasteiger partial charge in [-0.1, -0.05) is 83.3 Å². The molecule has 0 amide bonds. The molecule has 0 aromatic heterocycles. The first-order valence-electron chi connectivity index (χ1n) is 11.5. The van der Waals surface area contributed by atoms with Gasteiger partial charge in [-0.3, -0.25) is 4.55 Å². The van der Waals surface area contributed by atoms with Crippen LogP contribution in [0.2, 0.25) is 0 Å². The summed E-state index contributed by atoms with van der Waals surface area (Å²) in [6.07, 6.45) is 14.2. The molecule has 0 heterocycles. The first kappa shape index (κ1) is 29.6. The van der Waals surface area contributed by atoms with Crippen molar-refractivity contribution in [2.75, 3.05) is 0 Å². The van der Waals surface area contributed by atoms with Gasteiger partial charge in [0, 0.05) is 0 Å². The molecule has 2 aromatic carbocycles. The zero-order valence-electron chi connectivity index (χ0n) is 19.5. The van der Waals surface area contributed by atoms with Crippen LogP contribution >= 0.6 is 0 Å². The van der Waals surface area contributed by atoms with E-state index < -0.39 is 10.1 Å². The van der Waals surface area contributed by atoms with Crippen molar-refractivity contribution in [3.63, 3.8) is 0 Å². The van der Waals surface area contributed by atoms with Crippen molar-refractivity contribution >= 4 is 10.1 Å². The second-order valence-corrected chi connectivity index (χ2v) is 9.53. The van der Waals surface area contributed by atoms with Crippen LogP contribution in [0.4, 0.5) is 0 Å². The second kappa shape index (κ2) is 16.3. The van der Waals surface area contributed by atoms with Crippen LogP contribution in [0.1, 0.15) is 83.1 Å². The first-order valence-corrected chi connectivity index (χ1v) is 12.9. The van der Waals surface area contributed by atoms with Gasteiger partial charge in [0.15, 0.2) is 0 Å². The Morgan fingerprint density at radius 3 is 2.00 bits per heavy atom. The van der Waals surface area contributed by atoms with Gasteiger partial charge in [-0.05, 0) is 48.7 Å². The van der Waals surface area contributed by atoms with Gasteiger partial charge in [-0.15, -0.1) is 5.75 Å². The van der Waals surface area contributed by atoms with E-state index in [1.54, 1.807) is 12.1 Å². The third-order valence-corrected chi connectivity index (χ3v) is 6.26. The summed E-state index contributed by atoms with van der Waals surface area (Å²) >= 11 is 0. The summed E-state index contributed by atoms with van der Waals surface area (Å²) in [6.45, 7) is 2.23. The van der Waals surface area contributed by atoms with Gasteiger partial charge in [0.2, 0.25) is 0 Å². The van der Waals surface area contributed by atoms with E-state index >= 15 is 0 Å². The zero-order valence-corrected chi connectivity index (χ0v) is 23.5. The Hall–Kier alpha value is -0.414. The van der Waals surface area contributed by atoms with Crippen LogP contribution in [0.3, 0.4) is 0 Å². The molecule has 1 N–H and O–H groups in total. The molecule has 0 fully saturated rings. The van der Waals surface area contributed by atoms with E-state index in [2.05, 4.69) is 6.92 Å². The minimum Gasteiger partial charge on any atom is -0.872 e. The summed E-state index contributed by atoms with van der Waals surface area (Å²) in [7, 11) is -4.28. The average Bonchev–Trinajstić information content (AvgIpc) is 2.72. The molecule has 0 atom stereocenters. The van der Waals surface area contributed by atoms with Crippen molar-refractivity contribution in [3.05, 3.63) is 48.0 Å². The third-order valence-electron chi connectivity index (χ3n) is 5.41. The van der Waals surface area contributed by atoms with Crippen LogP contribution in [0, 0.1) is 0 Å². The van der Waals surface area contributed by atoms with E-state index in [-0.39, 0.29) is 62.0 Å². The maximum atomic E-state index is 11.5. The van der Waals surface area contributed by atoms with Crippen molar-refractivity contribution in [1.29, 1.82) is 0 Å². The fourth-order valence-corrected chi connectivity index (χ4v) is 4.19. The largest absolute Gasteiger partial charge is 1.00 e. The van der Waals surface area contributed by atoms with Crippen LogP contribution < -0.4 is 61.2 Å². The maximum absolute atomic E-state index is 11.5. The Balaban J connectivity index is 0.00000512. The summed E-state index contributed by atoms with van der Waals surface area (Å²) in [5.41, 5.74) is 0.711. The van der Waals surface area contributed by atoms with Gasteiger partial charge in [-0.25, -0.2) is 0 Å². The number of hydrogen-bond donors (Lipinski definition) is 1. The molecule has 2 aromatic rings. The summed E-state index contributed by atoms with van der Waals surface area (Å²) in [4.78, 5) is -0.143. The average molecular weight is 487 g/mol. The molecule has 0 aliphatic heterocycles. The van der Waals surface area contributed by atoms with Crippen LogP contribution in [0.25, 0.3) is 0 Å². The summed E-state index contributed by atoms with van der Waals surface area (Å²) in [5.74, 6) is 0.761. The van der Waals surface area contributed by atoms with E-state index in [0.717, 1.165) is 19.3 Å². The first-order chi connectivity index (χ1) is 14.9. The molecule has 0 aliphatic carbocycles. The number of rotatable bonds is 15. The zero-order chi connectivity index (χ0) is 22.5. The summed E-state index contributed by atoms with van der Waals surface area (Å²) in [5, 5.41) is 11.5. The van der Waals surface area contributed by atoms with E-state index in [0.29, 0.717) is 23.5 Å². The molecule has 0 unspecified atom stereocenters. The Kier molecular flexibility index (Phi) is 15.0. The molecule has 0 saturated carbocycles. The van der Waals surface area contributed by atoms with Crippen LogP contribution in [0.15, 0.2) is 47.4 Å². The molecule has 0 spiro atoms. The Morgan fingerprint density at radius 2 is 1.44 bits per heavy atom. The van der Waals surface area contributed by atoms with Gasteiger partial charge in [0.05, 0.1) is 4.90 Å². The van der Waals surface area contributed by atoms with E-state index in [1.807, 2.05) is 0 Å². The van der Waals surface area contributed by atoms with Crippen molar-refractivity contribution in [3.8, 4) is 17.2 Å². The smallest absolute Gasteiger partial charge is 0.872 e. The van der Waals surface area contributed by atoms with Gasteiger partial charge >= 0.3 is 51.4 Å². The molecule has 0 radical (unpaired) electrons. The monoisotopic (exact) mass is 486 g/mol. The molecule has 0 aliphatic rings. The maximum Gasteiger partial charge on any atom is 1.00 e. The van der Waals surface area contributed by atoms with Gasteiger partial charge in [0.1, 0.15) is 11.5 Å². The predicted molar refractivity (Wildman–Crippen MR) is 122 cm³/mol. The summed E-state index contributed by atoms with van der Waals surface area (Å²) in [6, 6.07) is 10.5.